The molecule has 0 bridgehead atoms. The Labute approximate surface area is 305 Å². The van der Waals surface area contributed by atoms with Crippen molar-refractivity contribution in [3.63, 3.8) is 0 Å². The zero-order valence-electron chi connectivity index (χ0n) is 31.9. The number of hydrogen-bond donors (Lipinski definition) is 2. The fourth-order valence-corrected chi connectivity index (χ4v) is 6.01. The molecule has 0 radical (unpaired) electrons. The lowest BCUT2D eigenvalue weighted by Crippen LogP contribution is -2.29. The van der Waals surface area contributed by atoms with Crippen molar-refractivity contribution >= 4 is 19.8 Å². The maximum Gasteiger partial charge on any atom is 0.472 e. The number of nitrogens with two attached hydrogens (primary N) is 1. The smallest absolute Gasteiger partial charge is 0.462 e. The highest BCUT2D eigenvalue weighted by Crippen LogP contribution is 2.43. The summed E-state index contributed by atoms with van der Waals surface area (Å²) in [6.07, 6.45) is 38.9. The molecule has 2 atom stereocenters. The summed E-state index contributed by atoms with van der Waals surface area (Å²) in [7, 11) is -4.38. The summed E-state index contributed by atoms with van der Waals surface area (Å²) in [5.74, 6) is -0.878. The van der Waals surface area contributed by atoms with Gasteiger partial charge in [0.05, 0.1) is 13.2 Å². The van der Waals surface area contributed by atoms with E-state index < -0.39 is 32.5 Å². The number of unbranched alkanes of at least 4 members (excludes halogenated alkanes) is 18. The summed E-state index contributed by atoms with van der Waals surface area (Å²) in [5.41, 5.74) is 5.33. The third kappa shape index (κ3) is 36.0. The third-order valence-corrected chi connectivity index (χ3v) is 9.23. The number of phosphoric ester groups is 1. The standard InChI is InChI=1S/C40H74NO8P/c1-3-5-7-9-11-13-15-17-19-21-23-25-27-29-31-33-40(43)49-38(37-48-50(44,45)47-35-34-41)36-46-39(42)32-30-28-26-24-22-20-18-16-14-12-10-8-6-4-2/h16-19,23,25,38H,3-15,20-22,24,26-37,41H2,1-2H3,(H,44,45)/b18-16+,19-17+,25-23+/t38-/m1/s1. The molecule has 0 aliphatic carbocycles. The van der Waals surface area contributed by atoms with Crippen molar-refractivity contribution in [1.82, 2.24) is 0 Å². The van der Waals surface area contributed by atoms with E-state index in [-0.39, 0.29) is 32.6 Å². The lowest BCUT2D eigenvalue weighted by molar-refractivity contribution is -0.161. The van der Waals surface area contributed by atoms with E-state index in [1.54, 1.807) is 0 Å². The molecule has 0 rings (SSSR count). The molecule has 10 heteroatoms. The van der Waals surface area contributed by atoms with Crippen molar-refractivity contribution in [2.24, 2.45) is 5.73 Å². The van der Waals surface area contributed by atoms with Gasteiger partial charge in [0.2, 0.25) is 0 Å². The van der Waals surface area contributed by atoms with Crippen molar-refractivity contribution in [2.75, 3.05) is 26.4 Å². The zero-order chi connectivity index (χ0) is 36.8. The molecule has 0 amide bonds. The molecule has 0 aromatic carbocycles. The number of carbonyl (C=O) groups excluding carboxylic acids is 2. The van der Waals surface area contributed by atoms with Gasteiger partial charge in [-0.3, -0.25) is 18.6 Å². The molecule has 0 saturated heterocycles. The highest BCUT2D eigenvalue weighted by Gasteiger charge is 2.25. The highest BCUT2D eigenvalue weighted by atomic mass is 31.2. The topological polar surface area (TPSA) is 134 Å². The highest BCUT2D eigenvalue weighted by molar-refractivity contribution is 7.47. The Bertz CT molecular complexity index is 923. The average Bonchev–Trinajstić information content (AvgIpc) is 3.10. The van der Waals surface area contributed by atoms with Crippen LogP contribution >= 0.6 is 7.82 Å². The quantitative estimate of drug-likeness (QED) is 0.0277. The van der Waals surface area contributed by atoms with Crippen LogP contribution in [0.2, 0.25) is 0 Å². The Morgan fingerprint density at radius 1 is 0.600 bits per heavy atom. The van der Waals surface area contributed by atoms with Gasteiger partial charge in [-0.05, 0) is 70.6 Å². The molecule has 9 nitrogen and oxygen atoms in total. The van der Waals surface area contributed by atoms with Crippen molar-refractivity contribution in [2.45, 2.75) is 180 Å². The molecule has 0 spiro atoms. The summed E-state index contributed by atoms with van der Waals surface area (Å²) in [4.78, 5) is 34.7. The normalized spacial score (nSPS) is 13.8. The number of ether oxygens (including phenoxy) is 2. The second-order valence-electron chi connectivity index (χ2n) is 13.1. The monoisotopic (exact) mass is 728 g/mol. The lowest BCUT2D eigenvalue weighted by atomic mass is 10.1. The minimum Gasteiger partial charge on any atom is -0.462 e. The summed E-state index contributed by atoms with van der Waals surface area (Å²) >= 11 is 0. The Kier molecular flexibility index (Phi) is 35.7. The van der Waals surface area contributed by atoms with E-state index >= 15 is 0 Å². The van der Waals surface area contributed by atoms with E-state index in [9.17, 15) is 19.0 Å². The van der Waals surface area contributed by atoms with Crippen LogP contribution in [0.3, 0.4) is 0 Å². The van der Waals surface area contributed by atoms with Gasteiger partial charge in [0.15, 0.2) is 6.10 Å². The fraction of sp³-hybridized carbons (Fsp3) is 0.800. The maximum absolute atomic E-state index is 12.5. The molecule has 1 unspecified atom stereocenters. The Balaban J connectivity index is 4.27. The van der Waals surface area contributed by atoms with Crippen LogP contribution in [0.1, 0.15) is 174 Å². The molecule has 0 heterocycles. The SMILES string of the molecule is CCCCCCC/C=C/CCCCCCCC(=O)OC[C@H](COP(=O)(O)OCCN)OC(=O)CCCC/C=C/C/C=C/CCCCCCCC. The summed E-state index contributed by atoms with van der Waals surface area (Å²) in [6, 6.07) is 0. The van der Waals surface area contributed by atoms with E-state index in [1.807, 2.05) is 0 Å². The molecule has 0 aromatic rings. The van der Waals surface area contributed by atoms with Crippen LogP contribution in [-0.4, -0.2) is 49.3 Å². The minimum atomic E-state index is -4.38. The Hall–Kier alpha value is -1.77. The molecule has 0 fully saturated rings. The van der Waals surface area contributed by atoms with E-state index in [0.29, 0.717) is 6.42 Å². The van der Waals surface area contributed by atoms with Crippen molar-refractivity contribution in [3.05, 3.63) is 36.5 Å². The van der Waals surface area contributed by atoms with Crippen molar-refractivity contribution in [3.8, 4) is 0 Å². The van der Waals surface area contributed by atoms with Gasteiger partial charge in [0.25, 0.3) is 0 Å². The van der Waals surface area contributed by atoms with Crippen LogP contribution in [0, 0.1) is 0 Å². The Morgan fingerprint density at radius 2 is 1.04 bits per heavy atom. The maximum atomic E-state index is 12.5. The molecule has 0 aromatic heterocycles. The van der Waals surface area contributed by atoms with Gasteiger partial charge in [-0.2, -0.15) is 0 Å². The average molecular weight is 728 g/mol. The largest absolute Gasteiger partial charge is 0.472 e. The van der Waals surface area contributed by atoms with Crippen LogP contribution in [0.25, 0.3) is 0 Å². The van der Waals surface area contributed by atoms with Gasteiger partial charge >= 0.3 is 19.8 Å². The molecule has 50 heavy (non-hydrogen) atoms. The van der Waals surface area contributed by atoms with Crippen LogP contribution in [0.5, 0.6) is 0 Å². The number of rotatable bonds is 37. The van der Waals surface area contributed by atoms with Gasteiger partial charge < -0.3 is 20.1 Å². The number of phosphoric acid groups is 1. The molecule has 0 aliphatic heterocycles. The second kappa shape index (κ2) is 37.0. The summed E-state index contributed by atoms with van der Waals surface area (Å²) in [6.45, 7) is 3.66. The van der Waals surface area contributed by atoms with E-state index in [2.05, 4.69) is 50.3 Å². The molecule has 0 saturated carbocycles. The first-order valence-electron chi connectivity index (χ1n) is 20.0. The van der Waals surface area contributed by atoms with Crippen LogP contribution in [0.15, 0.2) is 36.5 Å². The van der Waals surface area contributed by atoms with Crippen molar-refractivity contribution in [1.29, 1.82) is 0 Å². The lowest BCUT2D eigenvalue weighted by Gasteiger charge is -2.19. The van der Waals surface area contributed by atoms with Crippen LogP contribution in [0.4, 0.5) is 0 Å². The Morgan fingerprint density at radius 3 is 1.58 bits per heavy atom. The van der Waals surface area contributed by atoms with Gasteiger partial charge in [-0.25, -0.2) is 4.57 Å². The van der Waals surface area contributed by atoms with E-state index in [0.717, 1.165) is 64.2 Å². The van der Waals surface area contributed by atoms with E-state index in [1.165, 1.54) is 77.0 Å². The van der Waals surface area contributed by atoms with Gasteiger partial charge in [-0.15, -0.1) is 0 Å². The fourth-order valence-electron chi connectivity index (χ4n) is 5.25. The predicted octanol–water partition coefficient (Wildman–Crippen LogP) is 11.0. The van der Waals surface area contributed by atoms with Gasteiger partial charge in [0.1, 0.15) is 6.61 Å². The summed E-state index contributed by atoms with van der Waals surface area (Å²) in [5, 5.41) is 0. The molecule has 3 N–H and O–H groups in total. The zero-order valence-corrected chi connectivity index (χ0v) is 32.8. The third-order valence-electron chi connectivity index (χ3n) is 8.25. The first-order valence-corrected chi connectivity index (χ1v) is 21.5. The predicted molar refractivity (Wildman–Crippen MR) is 206 cm³/mol. The van der Waals surface area contributed by atoms with Crippen molar-refractivity contribution < 1.29 is 37.6 Å². The second-order valence-corrected chi connectivity index (χ2v) is 14.6. The molecular formula is C40H74NO8P. The first kappa shape index (κ1) is 48.2. The van der Waals surface area contributed by atoms with Crippen LogP contribution < -0.4 is 5.73 Å². The van der Waals surface area contributed by atoms with E-state index in [4.69, 9.17) is 24.3 Å². The summed E-state index contributed by atoms with van der Waals surface area (Å²) < 4.78 is 32.6. The van der Waals surface area contributed by atoms with Gasteiger partial charge in [0, 0.05) is 19.4 Å². The molecular weight excluding hydrogens is 653 g/mol. The first-order chi connectivity index (χ1) is 24.3. The number of carbonyl (C=O) groups is 2. The minimum absolute atomic E-state index is 0.0470. The molecule has 292 valence electrons. The number of esters is 2. The van der Waals surface area contributed by atoms with Crippen LogP contribution in [-0.2, 0) is 32.7 Å². The molecule has 0 aliphatic rings. The number of hydrogen-bond acceptors (Lipinski definition) is 8. The number of allylic oxidation sites excluding steroid dienone is 6. The van der Waals surface area contributed by atoms with Gasteiger partial charge in [-0.1, -0.05) is 127 Å².